The van der Waals surface area contributed by atoms with Gasteiger partial charge >= 0.3 is 5.97 Å². The smallest absolute Gasteiger partial charge is 0.337 e. The molecule has 0 fully saturated rings. The van der Waals surface area contributed by atoms with E-state index in [-0.39, 0.29) is 11.8 Å². The molecule has 2 rings (SSSR count). The number of ether oxygens (including phenoxy) is 1. The number of amides is 2. The highest BCUT2D eigenvalue weighted by molar-refractivity contribution is 6.06. The van der Waals surface area contributed by atoms with Crippen LogP contribution in [-0.2, 0) is 9.53 Å². The lowest BCUT2D eigenvalue weighted by molar-refractivity contribution is -0.115. The van der Waals surface area contributed by atoms with Crippen molar-refractivity contribution in [2.45, 2.75) is 13.3 Å². The number of hydrogen-bond acceptors (Lipinski definition) is 4. The zero-order valence-electron chi connectivity index (χ0n) is 13.5. The molecule has 6 nitrogen and oxygen atoms in total. The molecular formula is C18H18N2O4. The van der Waals surface area contributed by atoms with Gasteiger partial charge in [0.1, 0.15) is 0 Å². The number of carbonyl (C=O) groups excluding carboxylic acids is 3. The van der Waals surface area contributed by atoms with Crippen LogP contribution in [0.15, 0.2) is 48.5 Å². The van der Waals surface area contributed by atoms with Gasteiger partial charge in [-0.1, -0.05) is 19.1 Å². The molecule has 0 saturated heterocycles. The molecule has 2 N–H and O–H groups in total. The Labute approximate surface area is 139 Å². The molecule has 0 aliphatic carbocycles. The van der Waals surface area contributed by atoms with Gasteiger partial charge in [0.25, 0.3) is 5.91 Å². The molecule has 0 saturated carbocycles. The number of methoxy groups -OCH3 is 1. The number of carbonyl (C=O) groups is 3. The van der Waals surface area contributed by atoms with Crippen molar-refractivity contribution in [1.82, 2.24) is 0 Å². The Morgan fingerprint density at radius 1 is 0.917 bits per heavy atom. The fourth-order valence-electron chi connectivity index (χ4n) is 2.03. The first-order valence-electron chi connectivity index (χ1n) is 7.43. The Balaban J connectivity index is 2.13. The minimum Gasteiger partial charge on any atom is -0.465 e. The van der Waals surface area contributed by atoms with Crippen LogP contribution < -0.4 is 10.6 Å². The average Bonchev–Trinajstić information content (AvgIpc) is 2.61. The summed E-state index contributed by atoms with van der Waals surface area (Å²) >= 11 is 0. The summed E-state index contributed by atoms with van der Waals surface area (Å²) in [4.78, 5) is 35.3. The predicted octanol–water partition coefficient (Wildman–Crippen LogP) is 3.07. The third-order valence-corrected chi connectivity index (χ3v) is 3.27. The monoisotopic (exact) mass is 326 g/mol. The van der Waals surface area contributed by atoms with Gasteiger partial charge in [-0.15, -0.1) is 0 Å². The maximum atomic E-state index is 12.3. The zero-order valence-corrected chi connectivity index (χ0v) is 13.5. The SMILES string of the molecule is CCC(=O)Nc1cccc(NC(=O)c2cccc(C(=O)OC)c2)c1. The first-order valence-corrected chi connectivity index (χ1v) is 7.43. The van der Waals surface area contributed by atoms with Crippen molar-refractivity contribution in [3.05, 3.63) is 59.7 Å². The number of nitrogens with one attached hydrogen (secondary N) is 2. The van der Waals surface area contributed by atoms with E-state index < -0.39 is 5.97 Å². The third kappa shape index (κ3) is 4.42. The standard InChI is InChI=1S/C18H18N2O4/c1-3-16(21)19-14-8-5-9-15(11-14)20-17(22)12-6-4-7-13(10-12)18(23)24-2/h4-11H,3H2,1-2H3,(H,19,21)(H,20,22). The van der Waals surface area contributed by atoms with Crippen LogP contribution in [0.3, 0.4) is 0 Å². The first kappa shape index (κ1) is 17.2. The molecule has 0 spiro atoms. The maximum Gasteiger partial charge on any atom is 0.337 e. The van der Waals surface area contributed by atoms with Crippen molar-refractivity contribution < 1.29 is 19.1 Å². The van der Waals surface area contributed by atoms with Gasteiger partial charge in [-0.05, 0) is 36.4 Å². The molecule has 2 aromatic rings. The van der Waals surface area contributed by atoms with Gasteiger partial charge in [-0.25, -0.2) is 4.79 Å². The van der Waals surface area contributed by atoms with Crippen LogP contribution in [0, 0.1) is 0 Å². The second-order valence-electron chi connectivity index (χ2n) is 5.01. The van der Waals surface area contributed by atoms with Crippen LogP contribution in [0.1, 0.15) is 34.1 Å². The van der Waals surface area contributed by atoms with Crippen molar-refractivity contribution in [2.75, 3.05) is 17.7 Å². The highest BCUT2D eigenvalue weighted by Crippen LogP contribution is 2.17. The summed E-state index contributed by atoms with van der Waals surface area (Å²) < 4.78 is 4.64. The van der Waals surface area contributed by atoms with Gasteiger partial charge in [0.15, 0.2) is 0 Å². The van der Waals surface area contributed by atoms with Gasteiger partial charge in [-0.2, -0.15) is 0 Å². The highest BCUT2D eigenvalue weighted by atomic mass is 16.5. The lowest BCUT2D eigenvalue weighted by Crippen LogP contribution is -2.14. The van der Waals surface area contributed by atoms with Gasteiger partial charge in [0, 0.05) is 23.4 Å². The zero-order chi connectivity index (χ0) is 17.5. The van der Waals surface area contributed by atoms with Crippen LogP contribution >= 0.6 is 0 Å². The maximum absolute atomic E-state index is 12.3. The average molecular weight is 326 g/mol. The summed E-state index contributed by atoms with van der Waals surface area (Å²) in [5.74, 6) is -0.974. The summed E-state index contributed by atoms with van der Waals surface area (Å²) in [6.45, 7) is 1.76. The predicted molar refractivity (Wildman–Crippen MR) is 91.1 cm³/mol. The number of hydrogen-bond donors (Lipinski definition) is 2. The highest BCUT2D eigenvalue weighted by Gasteiger charge is 2.11. The van der Waals surface area contributed by atoms with Crippen LogP contribution in [0.5, 0.6) is 0 Å². The van der Waals surface area contributed by atoms with Crippen molar-refractivity contribution in [2.24, 2.45) is 0 Å². The Bertz CT molecular complexity index is 771. The second-order valence-corrected chi connectivity index (χ2v) is 5.01. The molecule has 6 heteroatoms. The van der Waals surface area contributed by atoms with Crippen molar-refractivity contribution in [3.63, 3.8) is 0 Å². The van der Waals surface area contributed by atoms with Crippen LogP contribution in [0.25, 0.3) is 0 Å². The molecule has 124 valence electrons. The van der Waals surface area contributed by atoms with Crippen LogP contribution in [0.4, 0.5) is 11.4 Å². The van der Waals surface area contributed by atoms with Crippen molar-refractivity contribution >= 4 is 29.2 Å². The van der Waals surface area contributed by atoms with Gasteiger partial charge in [-0.3, -0.25) is 9.59 Å². The minimum absolute atomic E-state index is 0.107. The summed E-state index contributed by atoms with van der Waals surface area (Å²) in [6.07, 6.45) is 0.372. The van der Waals surface area contributed by atoms with E-state index >= 15 is 0 Å². The molecule has 24 heavy (non-hydrogen) atoms. The van der Waals surface area contributed by atoms with E-state index in [2.05, 4.69) is 15.4 Å². The van der Waals surface area contributed by atoms with E-state index in [1.165, 1.54) is 13.2 Å². The summed E-state index contributed by atoms with van der Waals surface area (Å²) in [6, 6.07) is 13.1. The molecule has 2 amide bonds. The third-order valence-electron chi connectivity index (χ3n) is 3.27. The molecular weight excluding hydrogens is 308 g/mol. The lowest BCUT2D eigenvalue weighted by Gasteiger charge is -2.09. The van der Waals surface area contributed by atoms with Crippen LogP contribution in [0.2, 0.25) is 0 Å². The van der Waals surface area contributed by atoms with Crippen molar-refractivity contribution in [3.8, 4) is 0 Å². The van der Waals surface area contributed by atoms with E-state index in [4.69, 9.17) is 0 Å². The molecule has 0 aliphatic heterocycles. The summed E-state index contributed by atoms with van der Waals surface area (Å²) in [5, 5.41) is 5.46. The number of benzene rings is 2. The minimum atomic E-state index is -0.506. The molecule has 0 atom stereocenters. The van der Waals surface area contributed by atoms with E-state index in [0.29, 0.717) is 28.9 Å². The van der Waals surface area contributed by atoms with E-state index in [1.54, 1.807) is 49.4 Å². The largest absolute Gasteiger partial charge is 0.465 e. The lowest BCUT2D eigenvalue weighted by atomic mass is 10.1. The Hall–Kier alpha value is -3.15. The molecule has 0 radical (unpaired) electrons. The van der Waals surface area contributed by atoms with Crippen molar-refractivity contribution in [1.29, 1.82) is 0 Å². The molecule has 0 aliphatic rings. The summed E-state index contributed by atoms with van der Waals surface area (Å²) in [5.41, 5.74) is 1.77. The first-order chi connectivity index (χ1) is 11.5. The quantitative estimate of drug-likeness (QED) is 0.827. The molecule has 2 aromatic carbocycles. The number of esters is 1. The molecule has 0 aromatic heterocycles. The summed E-state index contributed by atoms with van der Waals surface area (Å²) in [7, 11) is 1.28. The Kier molecular flexibility index (Phi) is 5.68. The molecule has 0 bridgehead atoms. The fraction of sp³-hybridized carbons (Fsp3) is 0.167. The fourth-order valence-corrected chi connectivity index (χ4v) is 2.03. The van der Waals surface area contributed by atoms with Gasteiger partial charge in [0.05, 0.1) is 12.7 Å². The normalized spacial score (nSPS) is 9.92. The number of rotatable bonds is 5. The molecule has 0 unspecified atom stereocenters. The topological polar surface area (TPSA) is 84.5 Å². The Morgan fingerprint density at radius 3 is 2.21 bits per heavy atom. The van der Waals surface area contributed by atoms with E-state index in [9.17, 15) is 14.4 Å². The second kappa shape index (κ2) is 7.92. The van der Waals surface area contributed by atoms with Gasteiger partial charge in [0.2, 0.25) is 5.91 Å². The van der Waals surface area contributed by atoms with Crippen LogP contribution in [-0.4, -0.2) is 24.9 Å². The van der Waals surface area contributed by atoms with E-state index in [0.717, 1.165) is 0 Å². The Morgan fingerprint density at radius 2 is 1.54 bits per heavy atom. The number of anilines is 2. The molecule has 0 heterocycles. The van der Waals surface area contributed by atoms with Gasteiger partial charge < -0.3 is 15.4 Å². The van der Waals surface area contributed by atoms with E-state index in [1.807, 2.05) is 0 Å².